The monoisotopic (exact) mass is 333 g/mol. The molecule has 0 atom stereocenters. The van der Waals surface area contributed by atoms with Crippen LogP contribution in [0.2, 0.25) is 0 Å². The van der Waals surface area contributed by atoms with Crippen LogP contribution in [0.4, 0.5) is 10.1 Å². The van der Waals surface area contributed by atoms with E-state index in [0.717, 1.165) is 17.4 Å². The molecule has 0 amide bonds. The highest BCUT2D eigenvalue weighted by Gasteiger charge is 2.13. The van der Waals surface area contributed by atoms with Gasteiger partial charge in [-0.2, -0.15) is 0 Å². The zero-order valence-electron chi connectivity index (χ0n) is 13.3. The SMILES string of the molecule is NNC(=Nc1ccccc1F)c1ccccc1-c1ccccc1C=O. The van der Waals surface area contributed by atoms with Gasteiger partial charge in [-0.25, -0.2) is 15.2 Å². The summed E-state index contributed by atoms with van der Waals surface area (Å²) in [5.74, 6) is 5.51. The smallest absolute Gasteiger partial charge is 0.150 e. The summed E-state index contributed by atoms with van der Waals surface area (Å²) >= 11 is 0. The Bertz CT molecular complexity index is 937. The fourth-order valence-corrected chi connectivity index (χ4v) is 2.60. The Morgan fingerprint density at radius 1 is 0.920 bits per heavy atom. The summed E-state index contributed by atoms with van der Waals surface area (Å²) in [5.41, 5.74) is 5.46. The zero-order chi connectivity index (χ0) is 17.6. The number of halogens is 1. The normalized spacial score (nSPS) is 11.2. The number of nitrogens with two attached hydrogens (primary N) is 1. The molecule has 4 nitrogen and oxygen atoms in total. The van der Waals surface area contributed by atoms with Crippen LogP contribution in [0.15, 0.2) is 77.8 Å². The summed E-state index contributed by atoms with van der Waals surface area (Å²) in [7, 11) is 0. The van der Waals surface area contributed by atoms with E-state index >= 15 is 0 Å². The first-order valence-electron chi connectivity index (χ1n) is 7.68. The molecule has 0 saturated heterocycles. The second-order valence-electron chi connectivity index (χ2n) is 5.31. The zero-order valence-corrected chi connectivity index (χ0v) is 13.3. The summed E-state index contributed by atoms with van der Waals surface area (Å²) in [6.07, 6.45) is 0.801. The van der Waals surface area contributed by atoms with Crippen molar-refractivity contribution in [3.8, 4) is 11.1 Å². The summed E-state index contributed by atoms with van der Waals surface area (Å²) in [6, 6.07) is 20.8. The van der Waals surface area contributed by atoms with E-state index in [1.165, 1.54) is 6.07 Å². The molecule has 3 N–H and O–H groups in total. The summed E-state index contributed by atoms with van der Waals surface area (Å²) in [4.78, 5) is 15.7. The molecule has 3 rings (SSSR count). The average Bonchev–Trinajstić information content (AvgIpc) is 2.67. The van der Waals surface area contributed by atoms with Gasteiger partial charge in [0, 0.05) is 11.1 Å². The first-order valence-corrected chi connectivity index (χ1v) is 7.68. The van der Waals surface area contributed by atoms with E-state index in [2.05, 4.69) is 10.4 Å². The molecule has 0 unspecified atom stereocenters. The minimum Gasteiger partial charge on any atom is -0.308 e. The third-order valence-electron chi connectivity index (χ3n) is 3.78. The van der Waals surface area contributed by atoms with Gasteiger partial charge in [-0.05, 0) is 23.3 Å². The van der Waals surface area contributed by atoms with Crippen molar-refractivity contribution in [1.82, 2.24) is 5.43 Å². The maximum absolute atomic E-state index is 13.9. The topological polar surface area (TPSA) is 67.5 Å². The van der Waals surface area contributed by atoms with Crippen molar-refractivity contribution in [1.29, 1.82) is 0 Å². The first-order chi connectivity index (χ1) is 12.2. The summed E-state index contributed by atoms with van der Waals surface area (Å²) in [5, 5.41) is 0. The van der Waals surface area contributed by atoms with Crippen molar-refractivity contribution in [2.45, 2.75) is 0 Å². The standard InChI is InChI=1S/C20H16FN3O/c21-18-11-5-6-12-19(18)23-20(24-22)17-10-4-3-9-16(17)15-8-2-1-7-14(15)13-25/h1-13H,22H2,(H,23,24). The second kappa shape index (κ2) is 7.51. The molecule has 0 saturated carbocycles. The van der Waals surface area contributed by atoms with Crippen LogP contribution < -0.4 is 11.3 Å². The van der Waals surface area contributed by atoms with E-state index in [0.29, 0.717) is 17.0 Å². The number of hydrogen-bond acceptors (Lipinski definition) is 3. The number of nitrogens with one attached hydrogen (secondary N) is 1. The van der Waals surface area contributed by atoms with Crippen molar-refractivity contribution in [2.75, 3.05) is 0 Å². The van der Waals surface area contributed by atoms with Gasteiger partial charge in [-0.15, -0.1) is 0 Å². The molecule has 0 aliphatic carbocycles. The number of amidine groups is 1. The van der Waals surface area contributed by atoms with Crippen LogP contribution in [0, 0.1) is 5.82 Å². The number of hydrogen-bond donors (Lipinski definition) is 2. The third kappa shape index (κ3) is 3.46. The van der Waals surface area contributed by atoms with Gasteiger partial charge in [0.1, 0.15) is 17.3 Å². The van der Waals surface area contributed by atoms with Gasteiger partial charge < -0.3 is 5.43 Å². The van der Waals surface area contributed by atoms with E-state index in [1.807, 2.05) is 36.4 Å². The summed E-state index contributed by atoms with van der Waals surface area (Å²) < 4.78 is 13.9. The Labute approximate surface area is 144 Å². The molecular formula is C20H16FN3O. The fourth-order valence-electron chi connectivity index (χ4n) is 2.60. The molecule has 3 aromatic carbocycles. The molecule has 3 aromatic rings. The number of benzene rings is 3. The Morgan fingerprint density at radius 2 is 1.56 bits per heavy atom. The average molecular weight is 333 g/mol. The molecule has 124 valence electrons. The molecule has 25 heavy (non-hydrogen) atoms. The number of aliphatic imine (C=N–C) groups is 1. The van der Waals surface area contributed by atoms with Crippen LogP contribution in [-0.4, -0.2) is 12.1 Å². The lowest BCUT2D eigenvalue weighted by Crippen LogP contribution is -2.31. The van der Waals surface area contributed by atoms with Gasteiger partial charge in [-0.3, -0.25) is 4.79 Å². The largest absolute Gasteiger partial charge is 0.308 e. The highest BCUT2D eigenvalue weighted by molar-refractivity contribution is 6.06. The number of aldehydes is 1. The van der Waals surface area contributed by atoms with Gasteiger partial charge in [-0.1, -0.05) is 60.7 Å². The predicted octanol–water partition coefficient (Wildman–Crippen LogP) is 3.85. The molecule has 0 fully saturated rings. The Hall–Kier alpha value is -3.31. The molecule has 0 bridgehead atoms. The molecule has 0 aliphatic rings. The number of carbonyl (C=O) groups excluding carboxylic acids is 1. The molecule has 0 heterocycles. The van der Waals surface area contributed by atoms with Crippen LogP contribution in [0.3, 0.4) is 0 Å². The van der Waals surface area contributed by atoms with E-state index in [1.54, 1.807) is 30.3 Å². The van der Waals surface area contributed by atoms with E-state index in [9.17, 15) is 9.18 Å². The first kappa shape index (κ1) is 16.5. The van der Waals surface area contributed by atoms with Gasteiger partial charge in [0.05, 0.1) is 0 Å². The molecule has 0 aromatic heterocycles. The third-order valence-corrected chi connectivity index (χ3v) is 3.78. The molecule has 0 aliphatic heterocycles. The second-order valence-corrected chi connectivity index (χ2v) is 5.31. The fraction of sp³-hybridized carbons (Fsp3) is 0. The van der Waals surface area contributed by atoms with Crippen LogP contribution in [0.25, 0.3) is 11.1 Å². The lowest BCUT2D eigenvalue weighted by Gasteiger charge is -2.13. The summed E-state index contributed by atoms with van der Waals surface area (Å²) in [6.45, 7) is 0. The van der Waals surface area contributed by atoms with Crippen LogP contribution >= 0.6 is 0 Å². The van der Waals surface area contributed by atoms with E-state index in [4.69, 9.17) is 5.84 Å². The van der Waals surface area contributed by atoms with Crippen LogP contribution in [0.5, 0.6) is 0 Å². The van der Waals surface area contributed by atoms with Gasteiger partial charge in [0.2, 0.25) is 0 Å². The van der Waals surface area contributed by atoms with Crippen molar-refractivity contribution in [3.63, 3.8) is 0 Å². The van der Waals surface area contributed by atoms with Crippen molar-refractivity contribution < 1.29 is 9.18 Å². The Balaban J connectivity index is 2.17. The molecule has 0 spiro atoms. The number of nitrogens with zero attached hydrogens (tertiary/aromatic N) is 1. The predicted molar refractivity (Wildman–Crippen MR) is 97.2 cm³/mol. The maximum atomic E-state index is 13.9. The number of hydrazine groups is 1. The van der Waals surface area contributed by atoms with Crippen LogP contribution in [-0.2, 0) is 0 Å². The lowest BCUT2D eigenvalue weighted by atomic mass is 9.95. The minimum atomic E-state index is -0.443. The van der Waals surface area contributed by atoms with Crippen molar-refractivity contribution in [3.05, 3.63) is 89.7 Å². The number of carbonyl (C=O) groups is 1. The maximum Gasteiger partial charge on any atom is 0.150 e. The molecule has 0 radical (unpaired) electrons. The minimum absolute atomic E-state index is 0.175. The van der Waals surface area contributed by atoms with Gasteiger partial charge >= 0.3 is 0 Å². The number of rotatable bonds is 4. The number of para-hydroxylation sites is 1. The Morgan fingerprint density at radius 3 is 2.28 bits per heavy atom. The van der Waals surface area contributed by atoms with E-state index in [-0.39, 0.29) is 5.69 Å². The van der Waals surface area contributed by atoms with E-state index < -0.39 is 5.82 Å². The highest BCUT2D eigenvalue weighted by atomic mass is 19.1. The Kier molecular flexibility index (Phi) is 4.97. The lowest BCUT2D eigenvalue weighted by molar-refractivity contribution is 0.112. The van der Waals surface area contributed by atoms with Crippen LogP contribution in [0.1, 0.15) is 15.9 Å². The molecular weight excluding hydrogens is 317 g/mol. The highest BCUT2D eigenvalue weighted by Crippen LogP contribution is 2.27. The van der Waals surface area contributed by atoms with Crippen molar-refractivity contribution in [2.24, 2.45) is 10.8 Å². The molecule has 5 heteroatoms. The van der Waals surface area contributed by atoms with Gasteiger partial charge in [0.25, 0.3) is 0 Å². The quantitative estimate of drug-likeness (QED) is 0.251. The van der Waals surface area contributed by atoms with Crippen molar-refractivity contribution >= 4 is 17.8 Å². The van der Waals surface area contributed by atoms with Gasteiger partial charge in [0.15, 0.2) is 6.29 Å².